The van der Waals surface area contributed by atoms with E-state index in [1.165, 1.54) is 29.1 Å². The van der Waals surface area contributed by atoms with Gasteiger partial charge in [-0.2, -0.15) is 0 Å². The zero-order valence-corrected chi connectivity index (χ0v) is 14.2. The van der Waals surface area contributed by atoms with Crippen LogP contribution in [0.5, 0.6) is 5.75 Å². The number of nitrogens with zero attached hydrogens (tertiary/aromatic N) is 3. The standard InChI is InChI=1S/C17H14ClN3O5/c18-11-1-4-14(5-2-11)26-9-13(22)8-20-10-19-16-6-3-12(21(24)25)7-15(16)17(20)23/h1-7,10,13,22H,8-9H2/t13-/m1/s1. The van der Waals surface area contributed by atoms with Crippen LogP contribution in [-0.2, 0) is 6.54 Å². The lowest BCUT2D eigenvalue weighted by Gasteiger charge is -2.14. The summed E-state index contributed by atoms with van der Waals surface area (Å²) in [5, 5.41) is 21.7. The van der Waals surface area contributed by atoms with E-state index >= 15 is 0 Å². The van der Waals surface area contributed by atoms with Gasteiger partial charge in [-0.05, 0) is 30.3 Å². The number of hydrogen-bond donors (Lipinski definition) is 1. The number of benzene rings is 2. The number of nitro groups is 1. The Balaban J connectivity index is 1.75. The van der Waals surface area contributed by atoms with Gasteiger partial charge in [-0.15, -0.1) is 0 Å². The first-order chi connectivity index (χ1) is 12.4. The van der Waals surface area contributed by atoms with E-state index in [1.807, 2.05) is 0 Å². The number of ether oxygens (including phenoxy) is 1. The second-order valence-corrected chi connectivity index (χ2v) is 6.02. The Morgan fingerprint density at radius 3 is 2.69 bits per heavy atom. The van der Waals surface area contributed by atoms with Gasteiger partial charge in [0.1, 0.15) is 18.5 Å². The van der Waals surface area contributed by atoms with Crippen molar-refractivity contribution in [2.24, 2.45) is 0 Å². The minimum atomic E-state index is -0.971. The normalized spacial score (nSPS) is 12.1. The van der Waals surface area contributed by atoms with Crippen molar-refractivity contribution in [1.29, 1.82) is 0 Å². The van der Waals surface area contributed by atoms with Crippen LogP contribution in [0.2, 0.25) is 5.02 Å². The number of rotatable bonds is 6. The van der Waals surface area contributed by atoms with E-state index < -0.39 is 16.6 Å². The summed E-state index contributed by atoms with van der Waals surface area (Å²) >= 11 is 5.79. The lowest BCUT2D eigenvalue weighted by Crippen LogP contribution is -2.30. The largest absolute Gasteiger partial charge is 0.491 e. The number of aliphatic hydroxyl groups is 1. The number of nitro benzene ring substituents is 1. The summed E-state index contributed by atoms with van der Waals surface area (Å²) in [4.78, 5) is 26.9. The monoisotopic (exact) mass is 375 g/mol. The molecular weight excluding hydrogens is 362 g/mol. The van der Waals surface area contributed by atoms with Gasteiger partial charge in [-0.25, -0.2) is 4.98 Å². The topological polar surface area (TPSA) is 107 Å². The molecule has 0 fully saturated rings. The van der Waals surface area contributed by atoms with E-state index in [4.69, 9.17) is 16.3 Å². The first-order valence-electron chi connectivity index (χ1n) is 7.64. The Kier molecular flexibility index (Phi) is 5.15. The predicted octanol–water partition coefficient (Wildman–Crippen LogP) is 2.40. The first kappa shape index (κ1) is 17.8. The number of halogens is 1. The molecule has 26 heavy (non-hydrogen) atoms. The van der Waals surface area contributed by atoms with Crippen LogP contribution in [0.1, 0.15) is 0 Å². The van der Waals surface area contributed by atoms with Crippen molar-refractivity contribution >= 4 is 28.2 Å². The molecule has 3 aromatic rings. The third-order valence-corrected chi connectivity index (χ3v) is 3.93. The van der Waals surface area contributed by atoms with E-state index in [0.29, 0.717) is 16.3 Å². The van der Waals surface area contributed by atoms with Gasteiger partial charge in [0, 0.05) is 17.2 Å². The zero-order valence-electron chi connectivity index (χ0n) is 13.4. The molecule has 2 aromatic carbocycles. The maximum atomic E-state index is 12.5. The summed E-state index contributed by atoms with van der Waals surface area (Å²) in [6, 6.07) is 10.5. The number of non-ortho nitro benzene ring substituents is 1. The molecule has 9 heteroatoms. The molecule has 0 spiro atoms. The first-order valence-corrected chi connectivity index (χ1v) is 8.02. The third-order valence-electron chi connectivity index (χ3n) is 3.68. The molecule has 1 heterocycles. The smallest absolute Gasteiger partial charge is 0.270 e. The summed E-state index contributed by atoms with van der Waals surface area (Å²) in [6.45, 7) is -0.0981. The van der Waals surface area contributed by atoms with Crippen molar-refractivity contribution in [3.05, 3.63) is 74.3 Å². The Hall–Kier alpha value is -2.97. The minimum Gasteiger partial charge on any atom is -0.491 e. The Morgan fingerprint density at radius 1 is 1.27 bits per heavy atom. The molecular formula is C17H14ClN3O5. The van der Waals surface area contributed by atoms with E-state index in [2.05, 4.69) is 4.98 Å². The van der Waals surface area contributed by atoms with E-state index in [0.717, 1.165) is 0 Å². The van der Waals surface area contributed by atoms with Crippen LogP contribution in [0.25, 0.3) is 10.9 Å². The molecule has 8 nitrogen and oxygen atoms in total. The Labute approximate surface area is 152 Å². The molecule has 0 unspecified atom stereocenters. The predicted molar refractivity (Wildman–Crippen MR) is 95.6 cm³/mol. The van der Waals surface area contributed by atoms with Crippen LogP contribution in [0, 0.1) is 10.1 Å². The third kappa shape index (κ3) is 3.98. The molecule has 0 aliphatic heterocycles. The van der Waals surface area contributed by atoms with Gasteiger partial charge in [0.2, 0.25) is 0 Å². The van der Waals surface area contributed by atoms with Crippen molar-refractivity contribution in [2.45, 2.75) is 12.6 Å². The number of aromatic nitrogens is 2. The van der Waals surface area contributed by atoms with Crippen LogP contribution in [-0.4, -0.2) is 32.3 Å². The van der Waals surface area contributed by atoms with Crippen molar-refractivity contribution in [3.63, 3.8) is 0 Å². The van der Waals surface area contributed by atoms with Crippen LogP contribution in [0.3, 0.4) is 0 Å². The molecule has 134 valence electrons. The molecule has 0 aliphatic carbocycles. The molecule has 0 bridgehead atoms. The number of hydrogen-bond acceptors (Lipinski definition) is 6. The molecule has 0 saturated carbocycles. The lowest BCUT2D eigenvalue weighted by molar-refractivity contribution is -0.384. The van der Waals surface area contributed by atoms with Gasteiger partial charge in [0.05, 0.1) is 28.7 Å². The fraction of sp³-hybridized carbons (Fsp3) is 0.176. The van der Waals surface area contributed by atoms with Gasteiger partial charge >= 0.3 is 0 Å². The van der Waals surface area contributed by atoms with Gasteiger partial charge in [0.15, 0.2) is 0 Å². The maximum Gasteiger partial charge on any atom is 0.270 e. The highest BCUT2D eigenvalue weighted by molar-refractivity contribution is 6.30. The van der Waals surface area contributed by atoms with Crippen molar-refractivity contribution < 1.29 is 14.8 Å². The molecule has 1 N–H and O–H groups in total. The molecule has 1 aromatic heterocycles. The average molecular weight is 376 g/mol. The van der Waals surface area contributed by atoms with Gasteiger partial charge in [0.25, 0.3) is 11.2 Å². The van der Waals surface area contributed by atoms with Crippen molar-refractivity contribution in [3.8, 4) is 5.75 Å². The fourth-order valence-electron chi connectivity index (χ4n) is 2.39. The summed E-state index contributed by atoms with van der Waals surface area (Å²) in [6.07, 6.45) is 0.323. The van der Waals surface area contributed by atoms with Crippen LogP contribution in [0.15, 0.2) is 53.6 Å². The summed E-state index contributed by atoms with van der Waals surface area (Å²) in [7, 11) is 0. The van der Waals surface area contributed by atoms with Gasteiger partial charge in [-0.3, -0.25) is 19.5 Å². The lowest BCUT2D eigenvalue weighted by atomic mass is 10.2. The van der Waals surface area contributed by atoms with E-state index in [9.17, 15) is 20.0 Å². The van der Waals surface area contributed by atoms with Crippen molar-refractivity contribution in [1.82, 2.24) is 9.55 Å². The van der Waals surface area contributed by atoms with E-state index in [1.54, 1.807) is 24.3 Å². The molecule has 1 atom stereocenters. The second kappa shape index (κ2) is 7.51. The van der Waals surface area contributed by atoms with Crippen LogP contribution < -0.4 is 10.3 Å². The zero-order chi connectivity index (χ0) is 18.7. The summed E-state index contributed by atoms with van der Waals surface area (Å²) < 4.78 is 6.64. The molecule has 0 radical (unpaired) electrons. The number of aliphatic hydroxyl groups excluding tert-OH is 1. The molecule has 0 saturated heterocycles. The van der Waals surface area contributed by atoms with Crippen molar-refractivity contribution in [2.75, 3.05) is 6.61 Å². The summed E-state index contributed by atoms with van der Waals surface area (Å²) in [5.74, 6) is 0.535. The Bertz CT molecular complexity index is 1000. The second-order valence-electron chi connectivity index (χ2n) is 5.58. The SMILES string of the molecule is O=c1c2cc([N+](=O)[O-])ccc2ncn1C[C@@H](O)COc1ccc(Cl)cc1. The van der Waals surface area contributed by atoms with Gasteiger partial charge < -0.3 is 9.84 Å². The Morgan fingerprint density at radius 2 is 2.00 bits per heavy atom. The van der Waals surface area contributed by atoms with Crippen LogP contribution >= 0.6 is 11.6 Å². The van der Waals surface area contributed by atoms with Crippen LogP contribution in [0.4, 0.5) is 5.69 Å². The fourth-order valence-corrected chi connectivity index (χ4v) is 2.52. The quantitative estimate of drug-likeness (QED) is 0.523. The molecule has 3 rings (SSSR count). The molecule has 0 amide bonds. The van der Waals surface area contributed by atoms with Gasteiger partial charge in [-0.1, -0.05) is 11.6 Å². The molecule has 0 aliphatic rings. The highest BCUT2D eigenvalue weighted by Gasteiger charge is 2.13. The highest BCUT2D eigenvalue weighted by atomic mass is 35.5. The average Bonchev–Trinajstić information content (AvgIpc) is 2.63. The number of fused-ring (bicyclic) bond motifs is 1. The highest BCUT2D eigenvalue weighted by Crippen LogP contribution is 2.17. The minimum absolute atomic E-state index is 0.0406. The summed E-state index contributed by atoms with van der Waals surface area (Å²) in [5.41, 5.74) is -0.311. The van der Waals surface area contributed by atoms with E-state index in [-0.39, 0.29) is 24.2 Å². The maximum absolute atomic E-state index is 12.5.